The van der Waals surface area contributed by atoms with Crippen LogP contribution in [-0.4, -0.2) is 23.7 Å². The average Bonchev–Trinajstić information content (AvgIpc) is 2.70. The molecule has 6 heteroatoms. The Labute approximate surface area is 162 Å². The number of hydrogen-bond donors (Lipinski definition) is 2. The zero-order valence-electron chi connectivity index (χ0n) is 16.1. The average molecular weight is 381 g/mol. The summed E-state index contributed by atoms with van der Waals surface area (Å²) in [5, 5.41) is 13.6. The molecule has 0 spiro atoms. The Morgan fingerprint density at radius 2 is 1.86 bits per heavy atom. The number of carbonyl (C=O) groups excluding carboxylic acids is 1. The zero-order valence-corrected chi connectivity index (χ0v) is 16.1. The second-order valence-electron chi connectivity index (χ2n) is 6.73. The number of nitrogens with one attached hydrogen (secondary N) is 1. The molecular formula is C22H23NO5. The molecule has 2 N–H and O–H groups in total. The van der Waals surface area contributed by atoms with Crippen LogP contribution in [0, 0.1) is 13.8 Å². The van der Waals surface area contributed by atoms with Crippen molar-refractivity contribution in [2.75, 3.05) is 6.54 Å². The summed E-state index contributed by atoms with van der Waals surface area (Å²) in [5.74, 6) is 0.0711. The molecule has 6 nitrogen and oxygen atoms in total. The van der Waals surface area contributed by atoms with Gasteiger partial charge < -0.3 is 19.6 Å². The number of amides is 1. The lowest BCUT2D eigenvalue weighted by Crippen LogP contribution is -2.38. The van der Waals surface area contributed by atoms with Crippen molar-refractivity contribution in [3.8, 4) is 5.75 Å². The largest absolute Gasteiger partial charge is 0.481 e. The van der Waals surface area contributed by atoms with Crippen LogP contribution in [0.2, 0.25) is 0 Å². The molecule has 1 heterocycles. The number of aryl methyl sites for hydroxylation is 1. The van der Waals surface area contributed by atoms with Gasteiger partial charge in [-0.15, -0.1) is 0 Å². The maximum atomic E-state index is 12.3. The summed E-state index contributed by atoms with van der Waals surface area (Å²) >= 11 is 0. The van der Waals surface area contributed by atoms with Crippen LogP contribution in [0.4, 0.5) is 0 Å². The first-order chi connectivity index (χ1) is 13.4. The van der Waals surface area contributed by atoms with E-state index in [1.54, 1.807) is 44.2 Å². The number of fused-ring (bicyclic) bond motifs is 1. The van der Waals surface area contributed by atoms with Crippen molar-refractivity contribution in [2.45, 2.75) is 33.0 Å². The first-order valence-corrected chi connectivity index (χ1v) is 9.08. The van der Waals surface area contributed by atoms with Crippen LogP contribution < -0.4 is 15.7 Å². The molecule has 1 aromatic heterocycles. The van der Waals surface area contributed by atoms with E-state index in [-0.39, 0.29) is 18.1 Å². The van der Waals surface area contributed by atoms with Gasteiger partial charge in [0, 0.05) is 23.6 Å². The molecule has 0 aliphatic carbocycles. The number of benzene rings is 2. The summed E-state index contributed by atoms with van der Waals surface area (Å²) in [4.78, 5) is 24.1. The number of ether oxygens (including phenoxy) is 1. The van der Waals surface area contributed by atoms with E-state index in [0.29, 0.717) is 16.9 Å². The molecule has 2 atom stereocenters. The second kappa shape index (κ2) is 8.27. The predicted octanol–water partition coefficient (Wildman–Crippen LogP) is 3.03. The Morgan fingerprint density at radius 1 is 1.14 bits per heavy atom. The lowest BCUT2D eigenvalue weighted by molar-refractivity contribution is -0.127. The Kier molecular flexibility index (Phi) is 5.80. The van der Waals surface area contributed by atoms with Crippen molar-refractivity contribution in [1.29, 1.82) is 0 Å². The number of carbonyl (C=O) groups is 1. The highest BCUT2D eigenvalue weighted by atomic mass is 16.5. The smallest absolute Gasteiger partial charge is 0.339 e. The molecule has 0 fully saturated rings. The number of aliphatic hydroxyl groups is 1. The SMILES string of the molecule is Cc1c(C)c2ccc(OC(C)C(=O)NCC(O)c3ccccc3)cc2oc1=O. The lowest BCUT2D eigenvalue weighted by Gasteiger charge is -2.17. The van der Waals surface area contributed by atoms with Gasteiger partial charge in [0.05, 0.1) is 6.10 Å². The molecule has 0 saturated heterocycles. The third kappa shape index (κ3) is 4.23. The molecule has 0 aliphatic rings. The van der Waals surface area contributed by atoms with Gasteiger partial charge in [0.25, 0.3) is 5.91 Å². The monoisotopic (exact) mass is 381 g/mol. The summed E-state index contributed by atoms with van der Waals surface area (Å²) in [6.07, 6.45) is -1.57. The van der Waals surface area contributed by atoms with E-state index in [1.165, 1.54) is 0 Å². The van der Waals surface area contributed by atoms with Gasteiger partial charge in [0.2, 0.25) is 0 Å². The van der Waals surface area contributed by atoms with Crippen molar-refractivity contribution in [1.82, 2.24) is 5.32 Å². The Balaban J connectivity index is 1.65. The van der Waals surface area contributed by atoms with E-state index in [2.05, 4.69) is 5.32 Å². The molecule has 0 saturated carbocycles. The molecule has 1 amide bonds. The van der Waals surface area contributed by atoms with Crippen molar-refractivity contribution in [3.05, 3.63) is 75.6 Å². The minimum absolute atomic E-state index is 0.0849. The van der Waals surface area contributed by atoms with Crippen molar-refractivity contribution < 1.29 is 19.1 Å². The summed E-state index contributed by atoms with van der Waals surface area (Å²) in [6, 6.07) is 14.2. The highest BCUT2D eigenvalue weighted by Crippen LogP contribution is 2.24. The van der Waals surface area contributed by atoms with Gasteiger partial charge in [-0.2, -0.15) is 0 Å². The van der Waals surface area contributed by atoms with Gasteiger partial charge in [-0.1, -0.05) is 30.3 Å². The van der Waals surface area contributed by atoms with E-state index >= 15 is 0 Å². The molecule has 0 radical (unpaired) electrons. The van der Waals surface area contributed by atoms with Gasteiger partial charge in [-0.3, -0.25) is 4.79 Å². The molecule has 0 bridgehead atoms. The molecule has 146 valence electrons. The van der Waals surface area contributed by atoms with Crippen molar-refractivity contribution in [2.24, 2.45) is 0 Å². The number of hydrogen-bond acceptors (Lipinski definition) is 5. The van der Waals surface area contributed by atoms with Crippen molar-refractivity contribution in [3.63, 3.8) is 0 Å². The first-order valence-electron chi connectivity index (χ1n) is 9.08. The van der Waals surface area contributed by atoms with E-state index in [4.69, 9.17) is 9.15 Å². The minimum atomic E-state index is -0.793. The zero-order chi connectivity index (χ0) is 20.3. The maximum Gasteiger partial charge on any atom is 0.339 e. The van der Waals surface area contributed by atoms with Crippen LogP contribution in [-0.2, 0) is 4.79 Å². The fraction of sp³-hybridized carbons (Fsp3) is 0.273. The fourth-order valence-corrected chi connectivity index (χ4v) is 2.89. The number of rotatable bonds is 6. The molecule has 0 aliphatic heterocycles. The normalized spacial score (nSPS) is 13.1. The summed E-state index contributed by atoms with van der Waals surface area (Å²) in [5.41, 5.74) is 2.19. The molecule has 2 aromatic carbocycles. The summed E-state index contributed by atoms with van der Waals surface area (Å²) in [7, 11) is 0. The summed E-state index contributed by atoms with van der Waals surface area (Å²) in [6.45, 7) is 5.29. The second-order valence-corrected chi connectivity index (χ2v) is 6.73. The molecular weight excluding hydrogens is 358 g/mol. The molecule has 3 aromatic rings. The van der Waals surface area contributed by atoms with E-state index in [1.807, 2.05) is 25.1 Å². The van der Waals surface area contributed by atoms with Crippen LogP contribution >= 0.6 is 0 Å². The molecule has 3 rings (SSSR count). The quantitative estimate of drug-likeness (QED) is 0.641. The summed E-state index contributed by atoms with van der Waals surface area (Å²) < 4.78 is 11.0. The predicted molar refractivity (Wildman–Crippen MR) is 106 cm³/mol. The minimum Gasteiger partial charge on any atom is -0.481 e. The van der Waals surface area contributed by atoms with Gasteiger partial charge in [-0.05, 0) is 44.0 Å². The van der Waals surface area contributed by atoms with Crippen LogP contribution in [0.3, 0.4) is 0 Å². The van der Waals surface area contributed by atoms with E-state index < -0.39 is 12.2 Å². The maximum absolute atomic E-state index is 12.3. The molecule has 2 unspecified atom stereocenters. The Hall–Kier alpha value is -3.12. The van der Waals surface area contributed by atoms with Gasteiger partial charge in [0.1, 0.15) is 11.3 Å². The van der Waals surface area contributed by atoms with Gasteiger partial charge in [-0.25, -0.2) is 4.79 Å². The number of aliphatic hydroxyl groups excluding tert-OH is 1. The highest BCUT2D eigenvalue weighted by Gasteiger charge is 2.17. The van der Waals surface area contributed by atoms with Crippen LogP contribution in [0.5, 0.6) is 5.75 Å². The third-order valence-corrected chi connectivity index (χ3v) is 4.76. The van der Waals surface area contributed by atoms with Crippen molar-refractivity contribution >= 4 is 16.9 Å². The first kappa shape index (κ1) is 19.6. The highest BCUT2D eigenvalue weighted by molar-refractivity contribution is 5.83. The fourth-order valence-electron chi connectivity index (χ4n) is 2.89. The van der Waals surface area contributed by atoms with E-state index in [9.17, 15) is 14.7 Å². The van der Waals surface area contributed by atoms with Gasteiger partial charge >= 0.3 is 5.63 Å². The lowest BCUT2D eigenvalue weighted by atomic mass is 10.1. The van der Waals surface area contributed by atoms with Crippen LogP contribution in [0.15, 0.2) is 57.7 Å². The van der Waals surface area contributed by atoms with Gasteiger partial charge in [0.15, 0.2) is 6.10 Å². The third-order valence-electron chi connectivity index (χ3n) is 4.76. The topological polar surface area (TPSA) is 88.8 Å². The van der Waals surface area contributed by atoms with Crippen LogP contribution in [0.1, 0.15) is 29.7 Å². The molecule has 28 heavy (non-hydrogen) atoms. The standard InChI is InChI=1S/C22H23NO5/c1-13-14(2)22(26)28-20-11-17(9-10-18(13)20)27-15(3)21(25)23-12-19(24)16-7-5-4-6-8-16/h4-11,15,19,24H,12H2,1-3H3,(H,23,25). The Morgan fingerprint density at radius 3 is 2.57 bits per heavy atom. The van der Waals surface area contributed by atoms with E-state index in [0.717, 1.165) is 16.5 Å². The Bertz CT molecular complexity index is 1040. The van der Waals surface area contributed by atoms with Crippen LogP contribution in [0.25, 0.3) is 11.0 Å².